The van der Waals surface area contributed by atoms with Crippen LogP contribution in [0, 0.1) is 6.92 Å². The maximum Gasteiger partial charge on any atom is 0.229 e. The number of benzene rings is 2. The molecule has 0 radical (unpaired) electrons. The quantitative estimate of drug-likeness (QED) is 0.552. The zero-order valence-electron chi connectivity index (χ0n) is 16.7. The molecule has 3 aromatic rings. The normalized spacial score (nSPS) is 10.2. The van der Waals surface area contributed by atoms with Crippen molar-refractivity contribution in [3.8, 4) is 11.5 Å². The zero-order chi connectivity index (χ0) is 20.8. The highest BCUT2D eigenvalue weighted by atomic mass is 16.5. The maximum absolute atomic E-state index is 11.3. The summed E-state index contributed by atoms with van der Waals surface area (Å²) >= 11 is 0. The first-order valence-corrected chi connectivity index (χ1v) is 8.96. The molecule has 2 aromatic carbocycles. The van der Waals surface area contributed by atoms with Gasteiger partial charge in [-0.15, -0.1) is 0 Å². The van der Waals surface area contributed by atoms with Gasteiger partial charge in [-0.05, 0) is 37.3 Å². The van der Waals surface area contributed by atoms with E-state index in [-0.39, 0.29) is 5.91 Å². The summed E-state index contributed by atoms with van der Waals surface area (Å²) in [6.07, 6.45) is 0. The summed E-state index contributed by atoms with van der Waals surface area (Å²) in [7, 11) is 3.19. The van der Waals surface area contributed by atoms with E-state index < -0.39 is 0 Å². The van der Waals surface area contributed by atoms with Crippen molar-refractivity contribution in [1.29, 1.82) is 0 Å². The minimum atomic E-state index is -0.129. The van der Waals surface area contributed by atoms with Crippen LogP contribution in [0.3, 0.4) is 0 Å². The molecule has 3 N–H and O–H groups in total. The number of methoxy groups -OCH3 is 2. The Balaban J connectivity index is 1.81. The maximum atomic E-state index is 11.3. The van der Waals surface area contributed by atoms with Gasteiger partial charge in [-0.25, -0.2) is 4.98 Å². The Morgan fingerprint density at radius 2 is 1.59 bits per heavy atom. The average Bonchev–Trinajstić information content (AvgIpc) is 2.67. The summed E-state index contributed by atoms with van der Waals surface area (Å²) in [5.41, 5.74) is 3.06. The van der Waals surface area contributed by atoms with Crippen molar-refractivity contribution >= 4 is 34.7 Å². The Bertz CT molecular complexity index is 1020. The number of aromatic nitrogens is 2. The van der Waals surface area contributed by atoms with Crippen LogP contribution in [0.4, 0.5) is 28.8 Å². The number of amides is 1. The van der Waals surface area contributed by atoms with Gasteiger partial charge in [-0.1, -0.05) is 6.07 Å². The molecule has 150 valence electrons. The van der Waals surface area contributed by atoms with Crippen LogP contribution in [0.2, 0.25) is 0 Å². The van der Waals surface area contributed by atoms with Gasteiger partial charge in [0.15, 0.2) is 11.5 Å². The Labute approximate surface area is 169 Å². The minimum absolute atomic E-state index is 0.129. The van der Waals surface area contributed by atoms with Crippen molar-refractivity contribution in [2.24, 2.45) is 0 Å². The highest BCUT2D eigenvalue weighted by molar-refractivity contribution is 5.89. The Kier molecular flexibility index (Phi) is 6.13. The number of carbonyl (C=O) groups is 1. The van der Waals surface area contributed by atoms with Gasteiger partial charge < -0.3 is 25.4 Å². The molecule has 0 aliphatic heterocycles. The molecule has 1 amide bonds. The standard InChI is InChI=1S/C21H23N5O3/c1-13-10-20(24-17-8-9-18(28-3)19(12-17)29-4)26-21(22-13)25-16-7-5-6-15(11-16)23-14(2)27/h5-12H,1-4H3,(H,23,27)(H2,22,24,25,26). The monoisotopic (exact) mass is 393 g/mol. The van der Waals surface area contributed by atoms with Crippen LogP contribution < -0.4 is 25.4 Å². The van der Waals surface area contributed by atoms with E-state index >= 15 is 0 Å². The van der Waals surface area contributed by atoms with Gasteiger partial charge in [0.2, 0.25) is 11.9 Å². The lowest BCUT2D eigenvalue weighted by atomic mass is 10.2. The van der Waals surface area contributed by atoms with Crippen molar-refractivity contribution in [2.75, 3.05) is 30.2 Å². The lowest BCUT2D eigenvalue weighted by molar-refractivity contribution is -0.114. The van der Waals surface area contributed by atoms with Crippen molar-refractivity contribution in [2.45, 2.75) is 13.8 Å². The van der Waals surface area contributed by atoms with Gasteiger partial charge in [0.1, 0.15) is 5.82 Å². The number of aryl methyl sites for hydroxylation is 1. The minimum Gasteiger partial charge on any atom is -0.493 e. The van der Waals surface area contributed by atoms with E-state index in [0.29, 0.717) is 29.0 Å². The number of anilines is 5. The number of hydrogen-bond donors (Lipinski definition) is 3. The van der Waals surface area contributed by atoms with Crippen molar-refractivity contribution < 1.29 is 14.3 Å². The molecule has 0 unspecified atom stereocenters. The van der Waals surface area contributed by atoms with Crippen LogP contribution in [-0.2, 0) is 4.79 Å². The van der Waals surface area contributed by atoms with E-state index in [1.807, 2.05) is 55.5 Å². The number of rotatable bonds is 7. The van der Waals surface area contributed by atoms with E-state index in [9.17, 15) is 4.79 Å². The van der Waals surface area contributed by atoms with Crippen LogP contribution >= 0.6 is 0 Å². The van der Waals surface area contributed by atoms with Crippen molar-refractivity contribution in [3.05, 3.63) is 54.2 Å². The summed E-state index contributed by atoms with van der Waals surface area (Å²) in [4.78, 5) is 20.2. The fourth-order valence-electron chi connectivity index (χ4n) is 2.76. The lowest BCUT2D eigenvalue weighted by Gasteiger charge is -2.13. The van der Waals surface area contributed by atoms with Gasteiger partial charge in [-0.2, -0.15) is 4.98 Å². The molecule has 1 heterocycles. The van der Waals surface area contributed by atoms with Gasteiger partial charge in [-0.3, -0.25) is 4.79 Å². The number of nitrogens with one attached hydrogen (secondary N) is 3. The second-order valence-electron chi connectivity index (χ2n) is 6.30. The van der Waals surface area contributed by atoms with Crippen LogP contribution in [0.1, 0.15) is 12.6 Å². The molecule has 0 fully saturated rings. The molecule has 0 saturated carbocycles. The summed E-state index contributed by atoms with van der Waals surface area (Å²) in [6.45, 7) is 3.36. The average molecular weight is 393 g/mol. The van der Waals surface area contributed by atoms with E-state index in [1.165, 1.54) is 6.92 Å². The van der Waals surface area contributed by atoms with Crippen LogP contribution in [0.5, 0.6) is 11.5 Å². The molecule has 0 bridgehead atoms. The van der Waals surface area contributed by atoms with Gasteiger partial charge in [0.25, 0.3) is 0 Å². The number of nitrogens with zero attached hydrogens (tertiary/aromatic N) is 2. The third-order valence-corrected chi connectivity index (χ3v) is 3.95. The third-order valence-electron chi connectivity index (χ3n) is 3.95. The molecule has 1 aromatic heterocycles. The highest BCUT2D eigenvalue weighted by Gasteiger charge is 2.08. The predicted molar refractivity (Wildman–Crippen MR) is 114 cm³/mol. The summed E-state index contributed by atoms with van der Waals surface area (Å²) < 4.78 is 10.6. The number of ether oxygens (including phenoxy) is 2. The molecular weight excluding hydrogens is 370 g/mol. The van der Waals surface area contributed by atoms with Gasteiger partial charge in [0, 0.05) is 41.8 Å². The van der Waals surface area contributed by atoms with Crippen LogP contribution in [0.25, 0.3) is 0 Å². The summed E-state index contributed by atoms with van der Waals surface area (Å²) in [5, 5.41) is 9.17. The fraction of sp³-hybridized carbons (Fsp3) is 0.190. The van der Waals surface area contributed by atoms with Crippen LogP contribution in [-0.4, -0.2) is 30.1 Å². The topological polar surface area (TPSA) is 97.4 Å². The molecule has 3 rings (SSSR count). The Morgan fingerprint density at radius 1 is 0.862 bits per heavy atom. The molecular formula is C21H23N5O3. The van der Waals surface area contributed by atoms with E-state index in [0.717, 1.165) is 17.1 Å². The second-order valence-corrected chi connectivity index (χ2v) is 6.30. The number of hydrogen-bond acceptors (Lipinski definition) is 7. The first kappa shape index (κ1) is 19.9. The molecule has 0 atom stereocenters. The summed E-state index contributed by atoms with van der Waals surface area (Å²) in [6, 6.07) is 14.7. The third kappa shape index (κ3) is 5.35. The molecule has 29 heavy (non-hydrogen) atoms. The molecule has 8 nitrogen and oxygen atoms in total. The van der Waals surface area contributed by atoms with E-state index in [1.54, 1.807) is 14.2 Å². The zero-order valence-corrected chi connectivity index (χ0v) is 16.7. The summed E-state index contributed by atoms with van der Waals surface area (Å²) in [5.74, 6) is 2.21. The Morgan fingerprint density at radius 3 is 2.31 bits per heavy atom. The van der Waals surface area contributed by atoms with Crippen LogP contribution in [0.15, 0.2) is 48.5 Å². The second kappa shape index (κ2) is 8.92. The highest BCUT2D eigenvalue weighted by Crippen LogP contribution is 2.31. The largest absolute Gasteiger partial charge is 0.493 e. The Hall–Kier alpha value is -3.81. The SMILES string of the molecule is COc1ccc(Nc2cc(C)nc(Nc3cccc(NC(C)=O)c3)n2)cc1OC. The fourth-order valence-corrected chi connectivity index (χ4v) is 2.76. The molecule has 0 aliphatic carbocycles. The van der Waals surface area contributed by atoms with E-state index in [4.69, 9.17) is 9.47 Å². The molecule has 8 heteroatoms. The first-order valence-electron chi connectivity index (χ1n) is 8.96. The smallest absolute Gasteiger partial charge is 0.229 e. The van der Waals surface area contributed by atoms with E-state index in [2.05, 4.69) is 25.9 Å². The number of carbonyl (C=O) groups excluding carboxylic acids is 1. The van der Waals surface area contributed by atoms with Crippen molar-refractivity contribution in [1.82, 2.24) is 9.97 Å². The molecule has 0 aliphatic rings. The lowest BCUT2D eigenvalue weighted by Crippen LogP contribution is -2.06. The molecule has 0 saturated heterocycles. The van der Waals surface area contributed by atoms with Crippen molar-refractivity contribution in [3.63, 3.8) is 0 Å². The molecule has 0 spiro atoms. The van der Waals surface area contributed by atoms with Gasteiger partial charge >= 0.3 is 0 Å². The predicted octanol–water partition coefficient (Wildman–Crippen LogP) is 4.25. The van der Waals surface area contributed by atoms with Gasteiger partial charge in [0.05, 0.1) is 14.2 Å². The first-order chi connectivity index (χ1) is 14.0.